The first-order valence-corrected chi connectivity index (χ1v) is 11.9. The van der Waals surface area contributed by atoms with Gasteiger partial charge in [0.1, 0.15) is 23.2 Å². The number of ether oxygens (including phenoxy) is 1. The topological polar surface area (TPSA) is 26.3 Å². The number of carbonyl (C=O) groups excluding carboxylic acids is 1. The fourth-order valence-electron chi connectivity index (χ4n) is 3.99. The smallest absolute Gasteiger partial charge is 0.338 e. The zero-order valence-electron chi connectivity index (χ0n) is 17.3. The van der Waals surface area contributed by atoms with Crippen LogP contribution in [0.3, 0.4) is 0 Å². The van der Waals surface area contributed by atoms with E-state index in [0.29, 0.717) is 5.56 Å². The van der Waals surface area contributed by atoms with Crippen molar-refractivity contribution in [2.24, 2.45) is 0 Å². The van der Waals surface area contributed by atoms with Gasteiger partial charge in [-0.3, -0.25) is 0 Å². The number of methoxy groups -OCH3 is 1. The molecule has 0 heterocycles. The Kier molecular flexibility index (Phi) is 7.79. The van der Waals surface area contributed by atoms with E-state index in [-0.39, 0.29) is 23.0 Å². The van der Waals surface area contributed by atoms with Crippen molar-refractivity contribution in [2.45, 2.75) is 6.16 Å². The highest BCUT2D eigenvalue weighted by Crippen LogP contribution is 2.58. The molecule has 0 saturated heterocycles. The standard InChI is InChI=1S/C27H24O2P.BrH/c1-29-27(28)26-20-12-11-13-22(26)21-30(23-14-5-2-6-15-23,24-16-7-3-8-17-24)25-18-9-4-10-19-25;/h2-20H,21H2,1H3;1H/q+1;/p-1. The fourth-order valence-corrected chi connectivity index (χ4v) is 8.26. The highest BCUT2D eigenvalue weighted by molar-refractivity contribution is 7.95. The quantitative estimate of drug-likeness (QED) is 0.305. The molecule has 156 valence electrons. The van der Waals surface area contributed by atoms with Crippen LogP contribution in [0.5, 0.6) is 0 Å². The van der Waals surface area contributed by atoms with Crippen LogP contribution in [-0.4, -0.2) is 13.1 Å². The molecule has 0 bridgehead atoms. The van der Waals surface area contributed by atoms with E-state index < -0.39 is 7.26 Å². The molecule has 0 saturated carbocycles. The number of hydrogen-bond acceptors (Lipinski definition) is 2. The number of hydrogen-bond donors (Lipinski definition) is 0. The second kappa shape index (κ2) is 10.5. The maximum atomic E-state index is 12.5. The average molecular weight is 491 g/mol. The van der Waals surface area contributed by atoms with E-state index in [1.54, 1.807) is 0 Å². The molecule has 0 aliphatic heterocycles. The van der Waals surface area contributed by atoms with Crippen molar-refractivity contribution in [3.05, 3.63) is 126 Å². The van der Waals surface area contributed by atoms with Crippen LogP contribution in [0.25, 0.3) is 0 Å². The van der Waals surface area contributed by atoms with Crippen molar-refractivity contribution in [2.75, 3.05) is 7.11 Å². The first-order chi connectivity index (χ1) is 14.8. The van der Waals surface area contributed by atoms with E-state index in [9.17, 15) is 4.79 Å². The summed E-state index contributed by atoms with van der Waals surface area (Å²) < 4.78 is 5.08. The predicted molar refractivity (Wildman–Crippen MR) is 127 cm³/mol. The van der Waals surface area contributed by atoms with Gasteiger partial charge < -0.3 is 21.7 Å². The molecule has 0 radical (unpaired) electrons. The summed E-state index contributed by atoms with van der Waals surface area (Å²) in [7, 11) is -0.622. The van der Waals surface area contributed by atoms with Gasteiger partial charge in [-0.15, -0.1) is 0 Å². The summed E-state index contributed by atoms with van der Waals surface area (Å²) in [6, 6.07) is 39.9. The van der Waals surface area contributed by atoms with Crippen molar-refractivity contribution in [1.29, 1.82) is 0 Å². The van der Waals surface area contributed by atoms with E-state index in [4.69, 9.17) is 4.74 Å². The maximum Gasteiger partial charge on any atom is 0.338 e. The SMILES string of the molecule is COC(=O)c1ccccc1C[P+](c1ccccc1)(c1ccccc1)c1ccccc1.[Br-]. The summed E-state index contributed by atoms with van der Waals surface area (Å²) in [5.41, 5.74) is 1.64. The Morgan fingerprint density at radius 1 is 0.645 bits per heavy atom. The highest BCUT2D eigenvalue weighted by atomic mass is 79.9. The maximum absolute atomic E-state index is 12.5. The third-order valence-electron chi connectivity index (χ3n) is 5.42. The lowest BCUT2D eigenvalue weighted by atomic mass is 10.1. The van der Waals surface area contributed by atoms with Crippen LogP contribution in [0.15, 0.2) is 115 Å². The molecule has 0 fully saturated rings. The minimum atomic E-state index is -2.06. The van der Waals surface area contributed by atoms with Gasteiger partial charge in [-0.25, -0.2) is 4.79 Å². The summed E-state index contributed by atoms with van der Waals surface area (Å²) in [5, 5.41) is 3.88. The van der Waals surface area contributed by atoms with Crippen LogP contribution in [0.1, 0.15) is 15.9 Å². The normalized spacial score (nSPS) is 10.7. The van der Waals surface area contributed by atoms with Crippen LogP contribution < -0.4 is 32.9 Å². The van der Waals surface area contributed by atoms with Crippen molar-refractivity contribution in [3.63, 3.8) is 0 Å². The molecule has 0 aromatic heterocycles. The Bertz CT molecular complexity index is 1020. The number of rotatable bonds is 6. The zero-order chi connectivity index (χ0) is 20.8. The minimum absolute atomic E-state index is 0. The minimum Gasteiger partial charge on any atom is -1.00 e. The van der Waals surface area contributed by atoms with E-state index in [2.05, 4.69) is 97.1 Å². The Hall–Kier alpha value is -2.74. The van der Waals surface area contributed by atoms with E-state index in [0.717, 1.165) is 11.7 Å². The molecular formula is C27H24BrO2P. The largest absolute Gasteiger partial charge is 1.00 e. The van der Waals surface area contributed by atoms with Crippen LogP contribution in [-0.2, 0) is 10.9 Å². The molecule has 4 aromatic rings. The summed E-state index contributed by atoms with van der Waals surface area (Å²) in [5.74, 6) is -0.294. The number of benzene rings is 4. The summed E-state index contributed by atoms with van der Waals surface area (Å²) in [6.45, 7) is 0. The van der Waals surface area contributed by atoms with Crippen LogP contribution >= 0.6 is 7.26 Å². The van der Waals surface area contributed by atoms with E-state index >= 15 is 0 Å². The van der Waals surface area contributed by atoms with E-state index in [1.807, 2.05) is 18.2 Å². The molecule has 0 aliphatic rings. The second-order valence-corrected chi connectivity index (χ2v) is 10.6. The molecule has 0 amide bonds. The number of halogens is 1. The molecule has 0 spiro atoms. The second-order valence-electron chi connectivity index (χ2n) is 7.12. The van der Waals surface area contributed by atoms with Gasteiger partial charge in [0.05, 0.1) is 18.8 Å². The third-order valence-corrected chi connectivity index (χ3v) is 9.78. The van der Waals surface area contributed by atoms with Crippen LogP contribution in [0.4, 0.5) is 0 Å². The molecular weight excluding hydrogens is 467 g/mol. The van der Waals surface area contributed by atoms with Gasteiger partial charge in [-0.05, 0) is 42.5 Å². The third kappa shape index (κ3) is 4.63. The molecule has 31 heavy (non-hydrogen) atoms. The lowest BCUT2D eigenvalue weighted by Crippen LogP contribution is -3.00. The molecule has 0 aliphatic carbocycles. The Morgan fingerprint density at radius 3 is 1.45 bits per heavy atom. The zero-order valence-corrected chi connectivity index (χ0v) is 19.8. The van der Waals surface area contributed by atoms with Crippen LogP contribution in [0, 0.1) is 0 Å². The van der Waals surface area contributed by atoms with Gasteiger partial charge in [-0.1, -0.05) is 72.8 Å². The molecule has 4 aromatic carbocycles. The summed E-state index contributed by atoms with van der Waals surface area (Å²) in [6.07, 6.45) is 0.746. The lowest BCUT2D eigenvalue weighted by Gasteiger charge is -2.28. The number of esters is 1. The summed E-state index contributed by atoms with van der Waals surface area (Å²) >= 11 is 0. The van der Waals surface area contributed by atoms with Gasteiger partial charge >= 0.3 is 5.97 Å². The number of carbonyl (C=O) groups is 1. The Morgan fingerprint density at radius 2 is 1.03 bits per heavy atom. The van der Waals surface area contributed by atoms with Gasteiger partial charge in [0.25, 0.3) is 0 Å². The van der Waals surface area contributed by atoms with Crippen LogP contribution in [0.2, 0.25) is 0 Å². The lowest BCUT2D eigenvalue weighted by molar-refractivity contribution is -0.0000206. The first-order valence-electron chi connectivity index (χ1n) is 9.97. The Balaban J connectivity index is 0.00000272. The molecule has 4 rings (SSSR count). The van der Waals surface area contributed by atoms with Crippen molar-refractivity contribution < 1.29 is 26.5 Å². The fraction of sp³-hybridized carbons (Fsp3) is 0.0741. The predicted octanol–water partition coefficient (Wildman–Crippen LogP) is 1.97. The molecule has 2 nitrogen and oxygen atoms in total. The average Bonchev–Trinajstić information content (AvgIpc) is 2.84. The molecule has 4 heteroatoms. The van der Waals surface area contributed by atoms with Gasteiger partial charge in [0.2, 0.25) is 0 Å². The summed E-state index contributed by atoms with van der Waals surface area (Å²) in [4.78, 5) is 12.5. The van der Waals surface area contributed by atoms with E-state index in [1.165, 1.54) is 23.0 Å². The van der Waals surface area contributed by atoms with Crippen molar-refractivity contribution in [1.82, 2.24) is 0 Å². The Labute approximate surface area is 195 Å². The van der Waals surface area contributed by atoms with Gasteiger partial charge in [0.15, 0.2) is 0 Å². The molecule has 0 N–H and O–H groups in total. The molecule has 0 atom stereocenters. The highest BCUT2D eigenvalue weighted by Gasteiger charge is 2.46. The van der Waals surface area contributed by atoms with Crippen molar-refractivity contribution in [3.8, 4) is 0 Å². The molecule has 0 unspecified atom stereocenters. The van der Waals surface area contributed by atoms with Gasteiger partial charge in [-0.2, -0.15) is 0 Å². The first kappa shape index (κ1) is 22.9. The van der Waals surface area contributed by atoms with Crippen molar-refractivity contribution >= 4 is 29.1 Å². The monoisotopic (exact) mass is 490 g/mol. The van der Waals surface area contributed by atoms with Gasteiger partial charge in [0, 0.05) is 5.56 Å².